The number of halogens is 1. The molecule has 6 heteroatoms. The van der Waals surface area contributed by atoms with Gasteiger partial charge in [0, 0.05) is 11.3 Å². The van der Waals surface area contributed by atoms with Crippen LogP contribution in [0.3, 0.4) is 0 Å². The van der Waals surface area contributed by atoms with Gasteiger partial charge in [0.05, 0.1) is 29.9 Å². The second-order valence-electron chi connectivity index (χ2n) is 4.61. The van der Waals surface area contributed by atoms with Crippen LogP contribution < -0.4 is 15.2 Å². The van der Waals surface area contributed by atoms with Gasteiger partial charge in [-0.25, -0.2) is 4.98 Å². The van der Waals surface area contributed by atoms with Gasteiger partial charge in [0.2, 0.25) is 0 Å². The van der Waals surface area contributed by atoms with Crippen molar-refractivity contribution in [1.82, 2.24) is 4.98 Å². The molecule has 0 unspecified atom stereocenters. The molecule has 0 atom stereocenters. The average molecular weight is 327 g/mol. The molecule has 0 radical (unpaired) electrons. The van der Waals surface area contributed by atoms with Crippen molar-refractivity contribution in [2.45, 2.75) is 19.8 Å². The van der Waals surface area contributed by atoms with Crippen LogP contribution in [-0.2, 0) is 12.8 Å². The highest BCUT2D eigenvalue weighted by atomic mass is 35.5. The third-order valence-corrected chi connectivity index (χ3v) is 4.42. The minimum Gasteiger partial charge on any atom is -0.493 e. The first-order valence-electron chi connectivity index (χ1n) is 6.74. The van der Waals surface area contributed by atoms with E-state index in [1.807, 2.05) is 24.6 Å². The van der Waals surface area contributed by atoms with Gasteiger partial charge >= 0.3 is 0 Å². The van der Waals surface area contributed by atoms with Gasteiger partial charge in [-0.05, 0) is 37.6 Å². The maximum atomic E-state index is 6.29. The Hall–Kier alpha value is -1.30. The number of nitrogens with zero attached hydrogens (tertiary/aromatic N) is 1. The summed E-state index contributed by atoms with van der Waals surface area (Å²) in [6.07, 6.45) is 1.57. The van der Waals surface area contributed by atoms with Crippen molar-refractivity contribution in [3.05, 3.63) is 38.8 Å². The van der Waals surface area contributed by atoms with Gasteiger partial charge in [-0.15, -0.1) is 11.3 Å². The number of ether oxygens (including phenoxy) is 2. The van der Waals surface area contributed by atoms with Crippen molar-refractivity contribution in [1.29, 1.82) is 0 Å². The molecule has 2 rings (SSSR count). The SMILES string of the molecule is COc1cc(CCN)cc(Cl)c1OCCc1scnc1C. The molecule has 0 spiro atoms. The Bertz CT molecular complexity index is 601. The Morgan fingerprint density at radius 3 is 2.76 bits per heavy atom. The zero-order valence-corrected chi connectivity index (χ0v) is 13.8. The largest absolute Gasteiger partial charge is 0.493 e. The van der Waals surface area contributed by atoms with Crippen LogP contribution in [0.2, 0.25) is 5.02 Å². The molecule has 21 heavy (non-hydrogen) atoms. The maximum Gasteiger partial charge on any atom is 0.179 e. The normalized spacial score (nSPS) is 10.7. The number of benzene rings is 1. The molecule has 2 aromatic rings. The van der Waals surface area contributed by atoms with E-state index in [1.165, 1.54) is 4.88 Å². The van der Waals surface area contributed by atoms with Crippen molar-refractivity contribution < 1.29 is 9.47 Å². The number of aromatic nitrogens is 1. The van der Waals surface area contributed by atoms with Crippen LogP contribution in [-0.4, -0.2) is 25.2 Å². The molecule has 0 amide bonds. The lowest BCUT2D eigenvalue weighted by Gasteiger charge is -2.14. The minimum absolute atomic E-state index is 0.537. The lowest BCUT2D eigenvalue weighted by molar-refractivity contribution is 0.298. The van der Waals surface area contributed by atoms with Crippen LogP contribution in [0.4, 0.5) is 0 Å². The Morgan fingerprint density at radius 2 is 2.14 bits per heavy atom. The highest BCUT2D eigenvalue weighted by molar-refractivity contribution is 7.09. The van der Waals surface area contributed by atoms with Crippen LogP contribution >= 0.6 is 22.9 Å². The quantitative estimate of drug-likeness (QED) is 0.848. The zero-order valence-electron chi connectivity index (χ0n) is 12.2. The van der Waals surface area contributed by atoms with Gasteiger partial charge in [0.15, 0.2) is 11.5 Å². The van der Waals surface area contributed by atoms with E-state index in [0.717, 1.165) is 24.1 Å². The predicted octanol–water partition coefficient (Wildman–Crippen LogP) is 3.24. The summed E-state index contributed by atoms with van der Waals surface area (Å²) >= 11 is 7.92. The Kier molecular flexibility index (Phi) is 5.85. The molecule has 0 aliphatic heterocycles. The van der Waals surface area contributed by atoms with Gasteiger partial charge in [-0.2, -0.15) is 0 Å². The highest BCUT2D eigenvalue weighted by Gasteiger charge is 2.12. The number of thiazole rings is 1. The summed E-state index contributed by atoms with van der Waals surface area (Å²) in [5.41, 5.74) is 9.52. The van der Waals surface area contributed by atoms with Gasteiger partial charge in [0.25, 0.3) is 0 Å². The summed E-state index contributed by atoms with van der Waals surface area (Å²) in [7, 11) is 1.61. The van der Waals surface area contributed by atoms with E-state index in [0.29, 0.717) is 29.7 Å². The molecule has 0 bridgehead atoms. The van der Waals surface area contributed by atoms with E-state index in [-0.39, 0.29) is 0 Å². The van der Waals surface area contributed by atoms with Gasteiger partial charge in [-0.1, -0.05) is 11.6 Å². The molecule has 1 aromatic carbocycles. The molecule has 0 fully saturated rings. The van der Waals surface area contributed by atoms with E-state index in [4.69, 9.17) is 26.8 Å². The third-order valence-electron chi connectivity index (χ3n) is 3.14. The monoisotopic (exact) mass is 326 g/mol. The minimum atomic E-state index is 0.537. The fourth-order valence-corrected chi connectivity index (χ4v) is 3.09. The second-order valence-corrected chi connectivity index (χ2v) is 5.95. The molecule has 0 aliphatic rings. The number of nitrogens with two attached hydrogens (primary N) is 1. The molecule has 114 valence electrons. The Balaban J connectivity index is 2.06. The average Bonchev–Trinajstić information content (AvgIpc) is 2.86. The molecule has 0 saturated heterocycles. The second kappa shape index (κ2) is 7.64. The summed E-state index contributed by atoms with van der Waals surface area (Å²) < 4.78 is 11.2. The maximum absolute atomic E-state index is 6.29. The summed E-state index contributed by atoms with van der Waals surface area (Å²) in [4.78, 5) is 5.45. The molecule has 2 N–H and O–H groups in total. The molecule has 0 aliphatic carbocycles. The Labute approximate surface area is 133 Å². The van der Waals surface area contributed by atoms with Crippen molar-refractivity contribution in [3.63, 3.8) is 0 Å². The molecular formula is C15H19ClN2O2S. The van der Waals surface area contributed by atoms with Crippen LogP contribution in [0.15, 0.2) is 17.6 Å². The number of rotatable bonds is 7. The summed E-state index contributed by atoms with van der Waals surface area (Å²) in [5.74, 6) is 1.23. The molecule has 4 nitrogen and oxygen atoms in total. The molecule has 1 heterocycles. The fraction of sp³-hybridized carbons (Fsp3) is 0.400. The van der Waals surface area contributed by atoms with Crippen LogP contribution in [0, 0.1) is 6.92 Å². The summed E-state index contributed by atoms with van der Waals surface area (Å²) in [5, 5.41) is 0.554. The van der Waals surface area contributed by atoms with Crippen molar-refractivity contribution in [3.8, 4) is 11.5 Å². The standard InChI is InChI=1S/C15H19ClN2O2S/c1-10-14(21-9-18-10)4-6-20-15-12(16)7-11(3-5-17)8-13(15)19-2/h7-9H,3-6,17H2,1-2H3. The van der Waals surface area contributed by atoms with Gasteiger partial charge in [-0.3, -0.25) is 0 Å². The van der Waals surface area contributed by atoms with E-state index in [9.17, 15) is 0 Å². The highest BCUT2D eigenvalue weighted by Crippen LogP contribution is 2.36. The predicted molar refractivity (Wildman–Crippen MR) is 86.8 cm³/mol. The summed E-state index contributed by atoms with van der Waals surface area (Å²) in [6.45, 7) is 3.11. The fourth-order valence-electron chi connectivity index (χ4n) is 2.04. The van der Waals surface area contributed by atoms with E-state index in [2.05, 4.69) is 4.98 Å². The van der Waals surface area contributed by atoms with E-state index >= 15 is 0 Å². The molecule has 1 aromatic heterocycles. The third kappa shape index (κ3) is 4.09. The van der Waals surface area contributed by atoms with E-state index < -0.39 is 0 Å². The number of hydrogen-bond acceptors (Lipinski definition) is 5. The van der Waals surface area contributed by atoms with Gasteiger partial charge in [0.1, 0.15) is 0 Å². The lowest BCUT2D eigenvalue weighted by atomic mass is 10.1. The Morgan fingerprint density at radius 1 is 1.33 bits per heavy atom. The van der Waals surface area contributed by atoms with Crippen LogP contribution in [0.1, 0.15) is 16.1 Å². The van der Waals surface area contributed by atoms with Gasteiger partial charge < -0.3 is 15.2 Å². The van der Waals surface area contributed by atoms with E-state index in [1.54, 1.807) is 18.4 Å². The van der Waals surface area contributed by atoms with Crippen molar-refractivity contribution >= 4 is 22.9 Å². The van der Waals surface area contributed by atoms with Crippen LogP contribution in [0.25, 0.3) is 0 Å². The topological polar surface area (TPSA) is 57.4 Å². The van der Waals surface area contributed by atoms with Crippen molar-refractivity contribution in [2.75, 3.05) is 20.3 Å². The first-order chi connectivity index (χ1) is 10.2. The smallest absolute Gasteiger partial charge is 0.179 e. The molecule has 0 saturated carbocycles. The zero-order chi connectivity index (χ0) is 15.2. The van der Waals surface area contributed by atoms with Crippen LogP contribution in [0.5, 0.6) is 11.5 Å². The van der Waals surface area contributed by atoms with Crippen molar-refractivity contribution in [2.24, 2.45) is 5.73 Å². The first-order valence-corrected chi connectivity index (χ1v) is 7.99. The lowest BCUT2D eigenvalue weighted by Crippen LogP contribution is -2.06. The number of aryl methyl sites for hydroxylation is 1. The summed E-state index contributed by atoms with van der Waals surface area (Å²) in [6, 6.07) is 3.80. The number of methoxy groups -OCH3 is 1. The first kappa shape index (κ1) is 16.1. The molecular weight excluding hydrogens is 308 g/mol. The number of hydrogen-bond donors (Lipinski definition) is 1.